The molecule has 1 atom stereocenters. The summed E-state index contributed by atoms with van der Waals surface area (Å²) in [6.07, 6.45) is 1.55. The molecule has 1 unspecified atom stereocenters. The van der Waals surface area contributed by atoms with Crippen molar-refractivity contribution in [3.63, 3.8) is 0 Å². The lowest BCUT2D eigenvalue weighted by atomic mass is 9.96. The smallest absolute Gasteiger partial charge is 0.310 e. The lowest BCUT2D eigenvalue weighted by molar-refractivity contribution is -0.148. The molecule has 2 aliphatic heterocycles. The second-order valence-corrected chi connectivity index (χ2v) is 8.07. The van der Waals surface area contributed by atoms with Crippen LogP contribution in [0, 0.1) is 5.92 Å². The molecule has 31 heavy (non-hydrogen) atoms. The third-order valence-corrected chi connectivity index (χ3v) is 6.23. The molecular weight excluding hydrogens is 398 g/mol. The Balaban J connectivity index is 1.46. The first-order valence-corrected chi connectivity index (χ1v) is 10.9. The molecule has 0 amide bonds. The molecule has 0 radical (unpaired) electrons. The molecule has 8 heteroatoms. The van der Waals surface area contributed by atoms with Crippen LogP contribution in [0.25, 0.3) is 0 Å². The fraction of sp³-hybridized carbons (Fsp3) is 0.522. The first-order valence-electron chi connectivity index (χ1n) is 10.9. The van der Waals surface area contributed by atoms with Crippen molar-refractivity contribution < 1.29 is 14.3 Å². The van der Waals surface area contributed by atoms with Gasteiger partial charge in [0.2, 0.25) is 0 Å². The minimum atomic E-state index is -0.435. The molecule has 0 N–H and O–H groups in total. The van der Waals surface area contributed by atoms with E-state index in [2.05, 4.69) is 4.90 Å². The largest absolute Gasteiger partial charge is 0.497 e. The molecule has 0 spiro atoms. The number of rotatable bonds is 6. The molecule has 0 aromatic heterocycles. The maximum atomic E-state index is 12.5. The number of piperazine rings is 1. The minimum Gasteiger partial charge on any atom is -0.497 e. The fourth-order valence-corrected chi connectivity index (χ4v) is 4.58. The number of carbonyl (C=O) groups is 1. The third kappa shape index (κ3) is 4.11. The Hall–Kier alpha value is -3.03. The molecule has 2 heterocycles. The summed E-state index contributed by atoms with van der Waals surface area (Å²) in [6, 6.07) is 7.93. The highest BCUT2D eigenvalue weighted by Gasteiger charge is 2.35. The summed E-state index contributed by atoms with van der Waals surface area (Å²) in [6.45, 7) is 6.05. The van der Waals surface area contributed by atoms with E-state index in [9.17, 15) is 14.4 Å². The van der Waals surface area contributed by atoms with Gasteiger partial charge in [0.05, 0.1) is 19.6 Å². The van der Waals surface area contributed by atoms with Crippen LogP contribution in [0.5, 0.6) is 5.75 Å². The Labute approximate surface area is 181 Å². The monoisotopic (exact) mass is 427 g/mol. The van der Waals surface area contributed by atoms with Crippen molar-refractivity contribution in [2.75, 3.05) is 67.7 Å². The van der Waals surface area contributed by atoms with Gasteiger partial charge in [0.25, 0.3) is 10.9 Å². The summed E-state index contributed by atoms with van der Waals surface area (Å²) >= 11 is 0. The van der Waals surface area contributed by atoms with Crippen LogP contribution in [0.2, 0.25) is 0 Å². The van der Waals surface area contributed by atoms with Crippen LogP contribution in [0.1, 0.15) is 19.8 Å². The number of hydrogen-bond acceptors (Lipinski definition) is 8. The zero-order valence-electron chi connectivity index (χ0n) is 18.1. The van der Waals surface area contributed by atoms with Gasteiger partial charge in [-0.05, 0) is 31.9 Å². The van der Waals surface area contributed by atoms with E-state index in [1.807, 2.05) is 34.1 Å². The van der Waals surface area contributed by atoms with Gasteiger partial charge in [0.15, 0.2) is 0 Å². The van der Waals surface area contributed by atoms with Crippen LogP contribution in [0.15, 0.2) is 33.9 Å². The number of piperidine rings is 1. The highest BCUT2D eigenvalue weighted by atomic mass is 16.5. The van der Waals surface area contributed by atoms with E-state index in [-0.39, 0.29) is 11.9 Å². The summed E-state index contributed by atoms with van der Waals surface area (Å²) < 4.78 is 10.5. The quantitative estimate of drug-likeness (QED) is 0.506. The number of nitrogens with zero attached hydrogens (tertiary/aromatic N) is 3. The molecular formula is C23H29N3O5. The summed E-state index contributed by atoms with van der Waals surface area (Å²) in [4.78, 5) is 43.3. The van der Waals surface area contributed by atoms with Crippen molar-refractivity contribution in [1.82, 2.24) is 0 Å². The number of ether oxygens (including phenoxy) is 2. The first-order chi connectivity index (χ1) is 15.0. The second kappa shape index (κ2) is 8.99. The summed E-state index contributed by atoms with van der Waals surface area (Å²) in [7, 11) is 1.65. The third-order valence-electron chi connectivity index (χ3n) is 6.23. The van der Waals surface area contributed by atoms with Crippen LogP contribution in [0.4, 0.5) is 17.1 Å². The van der Waals surface area contributed by atoms with E-state index in [0.717, 1.165) is 37.4 Å². The Morgan fingerprint density at radius 2 is 1.68 bits per heavy atom. The highest BCUT2D eigenvalue weighted by Crippen LogP contribution is 2.31. The Kier molecular flexibility index (Phi) is 6.15. The van der Waals surface area contributed by atoms with Crippen molar-refractivity contribution in [3.8, 4) is 5.75 Å². The van der Waals surface area contributed by atoms with Gasteiger partial charge in [-0.1, -0.05) is 6.07 Å². The second-order valence-electron chi connectivity index (χ2n) is 8.07. The molecule has 4 rings (SSSR count). The predicted molar refractivity (Wildman–Crippen MR) is 120 cm³/mol. The van der Waals surface area contributed by atoms with Crippen LogP contribution in [0.3, 0.4) is 0 Å². The molecule has 0 bridgehead atoms. The summed E-state index contributed by atoms with van der Waals surface area (Å²) in [5.74, 6) is 0.334. The zero-order chi connectivity index (χ0) is 22.0. The summed E-state index contributed by atoms with van der Waals surface area (Å²) in [5, 5.41) is 0. The van der Waals surface area contributed by atoms with Crippen LogP contribution >= 0.6 is 0 Å². The van der Waals surface area contributed by atoms with Gasteiger partial charge >= 0.3 is 5.97 Å². The normalized spacial score (nSPS) is 19.5. The number of esters is 1. The minimum absolute atomic E-state index is 0.223. The maximum absolute atomic E-state index is 12.5. The van der Waals surface area contributed by atoms with Crippen LogP contribution < -0.4 is 30.3 Å². The molecule has 2 aliphatic rings. The number of methoxy groups -OCH3 is 1. The van der Waals surface area contributed by atoms with Gasteiger partial charge < -0.3 is 24.2 Å². The molecule has 2 aromatic rings. The van der Waals surface area contributed by atoms with Crippen molar-refractivity contribution in [1.29, 1.82) is 0 Å². The Morgan fingerprint density at radius 1 is 1.00 bits per heavy atom. The molecule has 0 aliphatic carbocycles. The van der Waals surface area contributed by atoms with Crippen LogP contribution in [-0.4, -0.2) is 59.0 Å². The zero-order valence-corrected chi connectivity index (χ0v) is 18.1. The van der Waals surface area contributed by atoms with Crippen molar-refractivity contribution in [2.45, 2.75) is 19.8 Å². The van der Waals surface area contributed by atoms with Gasteiger partial charge in [-0.15, -0.1) is 0 Å². The van der Waals surface area contributed by atoms with E-state index < -0.39 is 10.9 Å². The van der Waals surface area contributed by atoms with E-state index in [4.69, 9.17) is 9.47 Å². The van der Waals surface area contributed by atoms with Crippen LogP contribution in [-0.2, 0) is 9.53 Å². The average Bonchev–Trinajstić information content (AvgIpc) is 2.82. The SMILES string of the molecule is CCOC(=O)C1CCCN(c2c(N3CCN(c4cccc(OC)c4)CC3)c(=O)c2=O)C1. The summed E-state index contributed by atoms with van der Waals surface area (Å²) in [5.41, 5.74) is 1.23. The van der Waals surface area contributed by atoms with Crippen molar-refractivity contribution in [3.05, 3.63) is 44.7 Å². The highest BCUT2D eigenvalue weighted by molar-refractivity contribution is 5.79. The molecule has 2 fully saturated rings. The topological polar surface area (TPSA) is 79.4 Å². The number of hydrogen-bond donors (Lipinski definition) is 0. The standard InChI is InChI=1S/C23H29N3O5/c1-3-31-23(29)16-6-5-9-26(15-16)20-19(21(27)22(20)28)25-12-10-24(11-13-25)17-7-4-8-18(14-17)30-2/h4,7-8,14,16H,3,5-6,9-13,15H2,1-2H3. The van der Waals surface area contributed by atoms with E-state index in [0.29, 0.717) is 44.2 Å². The molecule has 2 aromatic carbocycles. The first kappa shape index (κ1) is 21.2. The number of benzene rings is 1. The van der Waals surface area contributed by atoms with Gasteiger partial charge in [-0.2, -0.15) is 0 Å². The molecule has 2 saturated heterocycles. The Bertz CT molecular complexity index is 1010. The molecule has 0 saturated carbocycles. The average molecular weight is 428 g/mol. The van der Waals surface area contributed by atoms with Gasteiger partial charge in [-0.25, -0.2) is 0 Å². The van der Waals surface area contributed by atoms with Gasteiger partial charge in [0, 0.05) is 51.0 Å². The molecule has 166 valence electrons. The fourth-order valence-electron chi connectivity index (χ4n) is 4.58. The maximum Gasteiger partial charge on any atom is 0.310 e. The number of carbonyl (C=O) groups excluding carboxylic acids is 1. The number of anilines is 3. The predicted octanol–water partition coefficient (Wildman–Crippen LogP) is 1.40. The molecule has 8 nitrogen and oxygen atoms in total. The lowest BCUT2D eigenvalue weighted by Gasteiger charge is -2.41. The van der Waals surface area contributed by atoms with Gasteiger partial charge in [-0.3, -0.25) is 14.4 Å². The van der Waals surface area contributed by atoms with Gasteiger partial charge in [0.1, 0.15) is 17.1 Å². The van der Waals surface area contributed by atoms with E-state index in [1.165, 1.54) is 0 Å². The Morgan fingerprint density at radius 3 is 2.35 bits per heavy atom. The van der Waals surface area contributed by atoms with Crippen molar-refractivity contribution in [2.24, 2.45) is 5.92 Å². The van der Waals surface area contributed by atoms with E-state index >= 15 is 0 Å². The van der Waals surface area contributed by atoms with E-state index in [1.54, 1.807) is 14.0 Å². The van der Waals surface area contributed by atoms with Crippen molar-refractivity contribution >= 4 is 23.0 Å². The lowest BCUT2D eigenvalue weighted by Crippen LogP contribution is -2.54.